The summed E-state index contributed by atoms with van der Waals surface area (Å²) in [6, 6.07) is 0. The minimum absolute atomic E-state index is 0.690. The fraction of sp³-hybridized carbons (Fsp3) is 0.818. The fourth-order valence-electron chi connectivity index (χ4n) is 0.939. The Morgan fingerprint density at radius 2 is 1.50 bits per heavy atom. The topological polar surface area (TPSA) is 27.7 Å². The molecule has 0 aromatic heterocycles. The van der Waals surface area contributed by atoms with Crippen molar-refractivity contribution in [1.82, 2.24) is 0 Å². The Labute approximate surface area is 87.0 Å². The summed E-state index contributed by atoms with van der Waals surface area (Å²) >= 11 is 0. The van der Waals surface area contributed by atoms with E-state index in [9.17, 15) is 0 Å². The maximum Gasteiger partial charge on any atom is 0.0895 e. The lowest BCUT2D eigenvalue weighted by Gasteiger charge is -2.04. The summed E-state index contributed by atoms with van der Waals surface area (Å²) in [5.41, 5.74) is 0. The first-order valence-corrected chi connectivity index (χ1v) is 5.29. The highest BCUT2D eigenvalue weighted by molar-refractivity contribution is 4.48. The summed E-state index contributed by atoms with van der Waals surface area (Å²) in [6.07, 6.45) is 4.43. The monoisotopic (exact) mass is 202 g/mol. The molecule has 3 nitrogen and oxygen atoms in total. The number of rotatable bonds is 11. The Morgan fingerprint density at radius 3 is 2.07 bits per heavy atom. The van der Waals surface area contributed by atoms with E-state index in [0.29, 0.717) is 6.61 Å². The third-order valence-corrected chi connectivity index (χ3v) is 1.59. The van der Waals surface area contributed by atoms with Gasteiger partial charge in [-0.15, -0.1) is 0 Å². The fourth-order valence-corrected chi connectivity index (χ4v) is 0.939. The molecule has 0 radical (unpaired) electrons. The number of ether oxygens (including phenoxy) is 3. The zero-order chi connectivity index (χ0) is 10.5. The first-order valence-electron chi connectivity index (χ1n) is 5.29. The molecule has 0 aliphatic rings. The van der Waals surface area contributed by atoms with Crippen LogP contribution in [0, 0.1) is 0 Å². The lowest BCUT2D eigenvalue weighted by molar-refractivity contribution is 0.0751. The van der Waals surface area contributed by atoms with Crippen LogP contribution in [0.5, 0.6) is 0 Å². The predicted molar refractivity (Wildman–Crippen MR) is 57.3 cm³/mol. The molecule has 0 unspecified atom stereocenters. The van der Waals surface area contributed by atoms with Crippen LogP contribution in [0.25, 0.3) is 0 Å². The quantitative estimate of drug-likeness (QED) is 0.380. The Hall–Kier alpha value is -0.540. The van der Waals surface area contributed by atoms with Gasteiger partial charge in [-0.05, 0) is 12.8 Å². The maximum atomic E-state index is 5.37. The van der Waals surface area contributed by atoms with Gasteiger partial charge in [-0.2, -0.15) is 0 Å². The second-order valence-corrected chi connectivity index (χ2v) is 2.97. The minimum Gasteiger partial charge on any atom is -0.502 e. The molecule has 0 aromatic carbocycles. The first-order chi connectivity index (χ1) is 6.91. The van der Waals surface area contributed by atoms with Crippen LogP contribution in [0.3, 0.4) is 0 Å². The molecular weight excluding hydrogens is 180 g/mol. The molecule has 0 heterocycles. The van der Waals surface area contributed by atoms with Gasteiger partial charge in [0.25, 0.3) is 0 Å². The van der Waals surface area contributed by atoms with E-state index in [1.165, 1.54) is 6.26 Å². The largest absolute Gasteiger partial charge is 0.502 e. The van der Waals surface area contributed by atoms with Gasteiger partial charge in [-0.1, -0.05) is 13.5 Å². The molecule has 0 bridgehead atoms. The number of hydrogen-bond donors (Lipinski definition) is 0. The van der Waals surface area contributed by atoms with E-state index < -0.39 is 0 Å². The van der Waals surface area contributed by atoms with E-state index in [1.54, 1.807) is 0 Å². The third-order valence-electron chi connectivity index (χ3n) is 1.59. The predicted octanol–water partition coefficient (Wildman–Crippen LogP) is 2.37. The van der Waals surface area contributed by atoms with Gasteiger partial charge in [0.2, 0.25) is 0 Å². The molecule has 14 heavy (non-hydrogen) atoms. The van der Waals surface area contributed by atoms with Crippen molar-refractivity contribution >= 4 is 0 Å². The molecule has 0 spiro atoms. The molecule has 0 aliphatic carbocycles. The van der Waals surface area contributed by atoms with Crippen molar-refractivity contribution in [2.45, 2.75) is 26.2 Å². The highest BCUT2D eigenvalue weighted by atomic mass is 16.5. The average Bonchev–Trinajstić information content (AvgIpc) is 2.21. The lowest BCUT2D eigenvalue weighted by atomic mass is 10.4. The van der Waals surface area contributed by atoms with E-state index in [1.807, 2.05) is 0 Å². The standard InChI is InChI=1S/C11H22O3/c1-3-7-13-9-6-11-14-10-5-8-12-4-2/h4H,2-3,5-11H2,1H3. The zero-order valence-corrected chi connectivity index (χ0v) is 9.17. The summed E-state index contributed by atoms with van der Waals surface area (Å²) in [5.74, 6) is 0. The molecule has 84 valence electrons. The van der Waals surface area contributed by atoms with Crippen LogP contribution >= 0.6 is 0 Å². The summed E-state index contributed by atoms with van der Waals surface area (Å²) in [5, 5.41) is 0. The van der Waals surface area contributed by atoms with Crippen LogP contribution in [0.2, 0.25) is 0 Å². The Morgan fingerprint density at radius 1 is 0.929 bits per heavy atom. The van der Waals surface area contributed by atoms with Crippen molar-refractivity contribution in [2.24, 2.45) is 0 Å². The second kappa shape index (κ2) is 12.5. The molecule has 0 fully saturated rings. The SMILES string of the molecule is C=COCCCOCCCOCCC. The van der Waals surface area contributed by atoms with Crippen molar-refractivity contribution in [3.05, 3.63) is 12.8 Å². The molecule has 0 rings (SSSR count). The van der Waals surface area contributed by atoms with Crippen molar-refractivity contribution in [1.29, 1.82) is 0 Å². The van der Waals surface area contributed by atoms with Gasteiger partial charge in [0.15, 0.2) is 0 Å². The first kappa shape index (κ1) is 13.5. The van der Waals surface area contributed by atoms with E-state index in [0.717, 1.165) is 45.7 Å². The van der Waals surface area contributed by atoms with Crippen LogP contribution in [0.1, 0.15) is 26.2 Å². The Kier molecular flexibility index (Phi) is 12.0. The van der Waals surface area contributed by atoms with Crippen LogP contribution in [0.15, 0.2) is 12.8 Å². The molecule has 0 aromatic rings. The van der Waals surface area contributed by atoms with Gasteiger partial charge in [-0.25, -0.2) is 0 Å². The number of hydrogen-bond acceptors (Lipinski definition) is 3. The van der Waals surface area contributed by atoms with Gasteiger partial charge in [0.05, 0.1) is 12.9 Å². The summed E-state index contributed by atoms with van der Waals surface area (Å²) in [6.45, 7) is 9.44. The third kappa shape index (κ3) is 11.5. The van der Waals surface area contributed by atoms with Gasteiger partial charge in [0, 0.05) is 32.8 Å². The van der Waals surface area contributed by atoms with Gasteiger partial charge in [-0.3, -0.25) is 0 Å². The normalized spacial score (nSPS) is 10.1. The minimum atomic E-state index is 0.690. The van der Waals surface area contributed by atoms with E-state index in [2.05, 4.69) is 13.5 Å². The molecule has 0 amide bonds. The molecule has 0 aliphatic heterocycles. The molecule has 0 N–H and O–H groups in total. The smallest absolute Gasteiger partial charge is 0.0895 e. The van der Waals surface area contributed by atoms with Crippen LogP contribution < -0.4 is 0 Å². The highest BCUT2D eigenvalue weighted by Crippen LogP contribution is 1.89. The van der Waals surface area contributed by atoms with Crippen molar-refractivity contribution in [3.8, 4) is 0 Å². The van der Waals surface area contributed by atoms with Crippen molar-refractivity contribution in [3.63, 3.8) is 0 Å². The Balaban J connectivity index is 2.81. The van der Waals surface area contributed by atoms with E-state index in [-0.39, 0.29) is 0 Å². The molecular formula is C11H22O3. The van der Waals surface area contributed by atoms with Crippen LogP contribution in [-0.2, 0) is 14.2 Å². The lowest BCUT2D eigenvalue weighted by Crippen LogP contribution is -2.04. The van der Waals surface area contributed by atoms with Crippen molar-refractivity contribution < 1.29 is 14.2 Å². The summed E-state index contributed by atoms with van der Waals surface area (Å²) in [4.78, 5) is 0. The molecule has 0 saturated carbocycles. The molecule has 3 heteroatoms. The van der Waals surface area contributed by atoms with Gasteiger partial charge < -0.3 is 14.2 Å². The molecule has 0 saturated heterocycles. The Bertz CT molecular complexity index is 115. The summed E-state index contributed by atoms with van der Waals surface area (Å²) in [7, 11) is 0. The molecule has 0 atom stereocenters. The van der Waals surface area contributed by atoms with E-state index in [4.69, 9.17) is 14.2 Å². The summed E-state index contributed by atoms with van der Waals surface area (Å²) < 4.78 is 15.6. The zero-order valence-electron chi connectivity index (χ0n) is 9.17. The van der Waals surface area contributed by atoms with Crippen molar-refractivity contribution in [2.75, 3.05) is 33.0 Å². The van der Waals surface area contributed by atoms with Crippen LogP contribution in [0.4, 0.5) is 0 Å². The maximum absolute atomic E-state index is 5.37. The highest BCUT2D eigenvalue weighted by Gasteiger charge is 1.90. The van der Waals surface area contributed by atoms with Gasteiger partial charge in [0.1, 0.15) is 0 Å². The average molecular weight is 202 g/mol. The second-order valence-electron chi connectivity index (χ2n) is 2.97. The van der Waals surface area contributed by atoms with Gasteiger partial charge >= 0.3 is 0 Å². The van der Waals surface area contributed by atoms with E-state index >= 15 is 0 Å². The van der Waals surface area contributed by atoms with Crippen LogP contribution in [-0.4, -0.2) is 33.0 Å².